The number of aromatic nitrogens is 1. The van der Waals surface area contributed by atoms with Crippen LogP contribution >= 0.6 is 11.6 Å². The number of carbonyl (C=O) groups is 1. The second-order valence-corrected chi connectivity index (χ2v) is 10.4. The van der Waals surface area contributed by atoms with Crippen LogP contribution in [0.4, 0.5) is 17.6 Å². The second kappa shape index (κ2) is 10.9. The zero-order chi connectivity index (χ0) is 29.5. The van der Waals surface area contributed by atoms with Crippen molar-refractivity contribution >= 4 is 17.5 Å². The molecule has 3 aromatic rings. The molecule has 0 bridgehead atoms. The molecule has 7 nitrogen and oxygen atoms in total. The predicted molar refractivity (Wildman–Crippen MR) is 139 cm³/mol. The fraction of sp³-hybridized carbons (Fsp3) is 0.357. The van der Waals surface area contributed by atoms with Crippen molar-refractivity contribution in [3.63, 3.8) is 0 Å². The Kier molecular flexibility index (Phi) is 8.04. The summed E-state index contributed by atoms with van der Waals surface area (Å²) in [4.78, 5) is 16.9. The maximum atomic E-state index is 14.4. The number of methoxy groups -OCH3 is 1. The molecule has 0 aliphatic heterocycles. The SMILES string of the molecule is COc1cc(C(=O)NCC(O)(c2cc(C(C)(C)O)cc(-c3ccc(F)c(Cl)c3)n2)C(F)(F)F)ccc1OC1CC1. The van der Waals surface area contributed by atoms with Crippen LogP contribution in [0.5, 0.6) is 11.5 Å². The fourth-order valence-corrected chi connectivity index (χ4v) is 4.00. The van der Waals surface area contributed by atoms with E-state index in [1.165, 1.54) is 51.3 Å². The second-order valence-electron chi connectivity index (χ2n) is 10.0. The molecular formula is C28H27ClF4N2O5. The molecule has 1 aliphatic carbocycles. The highest BCUT2D eigenvalue weighted by atomic mass is 35.5. The number of pyridine rings is 1. The first-order valence-corrected chi connectivity index (χ1v) is 12.6. The topological polar surface area (TPSA) is 101 Å². The summed E-state index contributed by atoms with van der Waals surface area (Å²) in [7, 11) is 1.37. The van der Waals surface area contributed by atoms with E-state index in [2.05, 4.69) is 10.3 Å². The largest absolute Gasteiger partial charge is 0.493 e. The summed E-state index contributed by atoms with van der Waals surface area (Å²) in [6.07, 6.45) is -3.47. The maximum Gasteiger partial charge on any atom is 0.424 e. The van der Waals surface area contributed by atoms with E-state index in [1.54, 1.807) is 0 Å². The zero-order valence-corrected chi connectivity index (χ0v) is 22.5. The van der Waals surface area contributed by atoms with Gasteiger partial charge in [-0.2, -0.15) is 13.2 Å². The van der Waals surface area contributed by atoms with Crippen molar-refractivity contribution in [2.75, 3.05) is 13.7 Å². The van der Waals surface area contributed by atoms with Crippen molar-refractivity contribution in [3.8, 4) is 22.8 Å². The molecule has 1 saturated carbocycles. The lowest BCUT2D eigenvalue weighted by Gasteiger charge is -2.32. The lowest BCUT2D eigenvalue weighted by Crippen LogP contribution is -2.51. The number of ether oxygens (including phenoxy) is 2. The molecule has 1 amide bonds. The van der Waals surface area contributed by atoms with Crippen LogP contribution in [0.25, 0.3) is 11.3 Å². The summed E-state index contributed by atoms with van der Waals surface area (Å²) in [5, 5.41) is 23.4. The minimum atomic E-state index is -5.30. The van der Waals surface area contributed by atoms with Crippen molar-refractivity contribution in [3.05, 3.63) is 76.2 Å². The molecule has 1 fully saturated rings. The Morgan fingerprint density at radius 2 is 1.77 bits per heavy atom. The van der Waals surface area contributed by atoms with Gasteiger partial charge in [-0.3, -0.25) is 4.79 Å². The lowest BCUT2D eigenvalue weighted by molar-refractivity contribution is -0.265. The van der Waals surface area contributed by atoms with Crippen molar-refractivity contribution in [2.45, 2.75) is 50.2 Å². The van der Waals surface area contributed by atoms with Gasteiger partial charge in [0, 0.05) is 11.1 Å². The number of rotatable bonds is 9. The smallest absolute Gasteiger partial charge is 0.424 e. The van der Waals surface area contributed by atoms with Gasteiger partial charge in [0.1, 0.15) is 5.82 Å². The number of hydrogen-bond acceptors (Lipinski definition) is 6. The maximum absolute atomic E-state index is 14.4. The highest BCUT2D eigenvalue weighted by Crippen LogP contribution is 2.40. The zero-order valence-electron chi connectivity index (χ0n) is 21.8. The Morgan fingerprint density at radius 1 is 1.07 bits per heavy atom. The molecule has 12 heteroatoms. The summed E-state index contributed by atoms with van der Waals surface area (Å²) in [5.74, 6) is -1.03. The number of nitrogens with zero attached hydrogens (tertiary/aromatic N) is 1. The third-order valence-electron chi connectivity index (χ3n) is 6.39. The van der Waals surface area contributed by atoms with Gasteiger partial charge in [0.2, 0.25) is 5.60 Å². The predicted octanol–water partition coefficient (Wildman–Crippen LogP) is 5.50. The number of carbonyl (C=O) groups excluding carboxylic acids is 1. The number of halogens is 5. The molecule has 1 aliphatic rings. The monoisotopic (exact) mass is 582 g/mol. The summed E-state index contributed by atoms with van der Waals surface area (Å²) in [6.45, 7) is 1.38. The third kappa shape index (κ3) is 6.32. The number of benzene rings is 2. The average molecular weight is 583 g/mol. The van der Waals surface area contributed by atoms with E-state index in [0.29, 0.717) is 5.75 Å². The Balaban J connectivity index is 1.69. The molecule has 0 spiro atoms. The Bertz CT molecular complexity index is 1420. The van der Waals surface area contributed by atoms with Crippen LogP contribution in [0.15, 0.2) is 48.5 Å². The van der Waals surface area contributed by atoms with Crippen LogP contribution in [0, 0.1) is 5.82 Å². The molecule has 0 radical (unpaired) electrons. The normalized spacial score (nSPS) is 15.3. The van der Waals surface area contributed by atoms with Crippen LogP contribution in [0.1, 0.15) is 48.3 Å². The van der Waals surface area contributed by atoms with Gasteiger partial charge in [-0.15, -0.1) is 0 Å². The number of alkyl halides is 3. The van der Waals surface area contributed by atoms with Crippen LogP contribution in [-0.4, -0.2) is 47.0 Å². The third-order valence-corrected chi connectivity index (χ3v) is 6.68. The molecule has 40 heavy (non-hydrogen) atoms. The molecule has 214 valence electrons. The van der Waals surface area contributed by atoms with Gasteiger partial charge in [-0.25, -0.2) is 9.37 Å². The first-order chi connectivity index (χ1) is 18.6. The van der Waals surface area contributed by atoms with Gasteiger partial charge >= 0.3 is 6.18 Å². The Morgan fingerprint density at radius 3 is 2.35 bits per heavy atom. The molecule has 0 saturated heterocycles. The number of hydrogen-bond donors (Lipinski definition) is 3. The quantitative estimate of drug-likeness (QED) is 0.288. The Hall–Kier alpha value is -3.41. The van der Waals surface area contributed by atoms with Gasteiger partial charge in [-0.05, 0) is 80.8 Å². The molecule has 4 rings (SSSR count). The molecular weight excluding hydrogens is 556 g/mol. The van der Waals surface area contributed by atoms with Crippen molar-refractivity contribution < 1.29 is 42.0 Å². The molecule has 1 atom stereocenters. The van der Waals surface area contributed by atoms with E-state index in [4.69, 9.17) is 21.1 Å². The van der Waals surface area contributed by atoms with Gasteiger partial charge < -0.3 is 25.0 Å². The first-order valence-electron chi connectivity index (χ1n) is 12.3. The molecule has 2 aromatic carbocycles. The van der Waals surface area contributed by atoms with Gasteiger partial charge in [-0.1, -0.05) is 11.6 Å². The Labute approximate surface area is 232 Å². The first kappa shape index (κ1) is 29.6. The standard InChI is InChI=1S/C28H27ClF4N2O5/c1-26(2,37)17-12-21(15-4-8-20(30)19(29)10-15)35-24(13-17)27(38,28(31,32)33)14-34-25(36)16-5-9-22(23(11-16)39-3)40-18-6-7-18/h4-5,8-13,18,37-38H,6-7,14H2,1-3H3,(H,34,36). The van der Waals surface area contributed by atoms with Crippen LogP contribution in [0.3, 0.4) is 0 Å². The van der Waals surface area contributed by atoms with E-state index in [1.807, 2.05) is 0 Å². The fourth-order valence-electron chi connectivity index (χ4n) is 3.82. The lowest BCUT2D eigenvalue weighted by atomic mass is 9.90. The van der Waals surface area contributed by atoms with E-state index < -0.39 is 41.3 Å². The molecule has 1 aromatic heterocycles. The number of amides is 1. The van der Waals surface area contributed by atoms with Gasteiger partial charge in [0.15, 0.2) is 11.5 Å². The minimum Gasteiger partial charge on any atom is -0.493 e. The van der Waals surface area contributed by atoms with Crippen molar-refractivity contribution in [1.29, 1.82) is 0 Å². The summed E-state index contributed by atoms with van der Waals surface area (Å²) < 4.78 is 67.9. The molecule has 3 N–H and O–H groups in total. The highest BCUT2D eigenvalue weighted by molar-refractivity contribution is 6.31. The number of aliphatic hydroxyl groups is 2. The van der Waals surface area contributed by atoms with Crippen LogP contribution < -0.4 is 14.8 Å². The van der Waals surface area contributed by atoms with Gasteiger partial charge in [0.25, 0.3) is 5.91 Å². The van der Waals surface area contributed by atoms with E-state index in [0.717, 1.165) is 31.0 Å². The highest BCUT2D eigenvalue weighted by Gasteiger charge is 2.56. The molecule has 1 heterocycles. The van der Waals surface area contributed by atoms with E-state index in [-0.39, 0.29) is 39.3 Å². The van der Waals surface area contributed by atoms with Crippen molar-refractivity contribution in [1.82, 2.24) is 10.3 Å². The summed E-state index contributed by atoms with van der Waals surface area (Å²) in [5.41, 5.74) is -6.20. The summed E-state index contributed by atoms with van der Waals surface area (Å²) in [6, 6.07) is 9.81. The van der Waals surface area contributed by atoms with E-state index >= 15 is 0 Å². The number of nitrogens with one attached hydrogen (secondary N) is 1. The summed E-state index contributed by atoms with van der Waals surface area (Å²) >= 11 is 5.85. The van der Waals surface area contributed by atoms with Crippen molar-refractivity contribution in [2.24, 2.45) is 0 Å². The van der Waals surface area contributed by atoms with E-state index in [9.17, 15) is 32.6 Å². The minimum absolute atomic E-state index is 0.0158. The van der Waals surface area contributed by atoms with Crippen LogP contribution in [0.2, 0.25) is 5.02 Å². The average Bonchev–Trinajstić information content (AvgIpc) is 3.71. The van der Waals surface area contributed by atoms with Gasteiger partial charge in [0.05, 0.1) is 41.8 Å². The van der Waals surface area contributed by atoms with Crippen LogP contribution in [-0.2, 0) is 11.2 Å². The molecule has 1 unspecified atom stereocenters.